The van der Waals surface area contributed by atoms with E-state index in [4.69, 9.17) is 16.2 Å². The van der Waals surface area contributed by atoms with E-state index in [-0.39, 0.29) is 17.2 Å². The van der Waals surface area contributed by atoms with E-state index < -0.39 is 29.5 Å². The minimum Gasteiger partial charge on any atom is -0.457 e. The van der Waals surface area contributed by atoms with Crippen LogP contribution in [0.1, 0.15) is 16.1 Å². The molecule has 0 saturated heterocycles. The number of anilines is 1. The fourth-order valence-corrected chi connectivity index (χ4v) is 1.71. The number of aromatic nitrogens is 1. The zero-order valence-electron chi connectivity index (χ0n) is 11.8. The Bertz CT molecular complexity index is 793. The quantitative estimate of drug-likeness (QED) is 0.503. The molecule has 10 heteroatoms. The van der Waals surface area contributed by atoms with Crippen LogP contribution in [0.2, 0.25) is 0 Å². The second kappa shape index (κ2) is 6.44. The lowest BCUT2D eigenvalue weighted by atomic mass is 10.1. The van der Waals surface area contributed by atoms with Gasteiger partial charge in [-0.15, -0.1) is 0 Å². The average Bonchev–Trinajstić information content (AvgIpc) is 2.48. The fourth-order valence-electron chi connectivity index (χ4n) is 1.71. The van der Waals surface area contributed by atoms with E-state index in [2.05, 4.69) is 9.72 Å². The summed E-state index contributed by atoms with van der Waals surface area (Å²) in [5, 5.41) is 0. The molecule has 1 aromatic carbocycles. The van der Waals surface area contributed by atoms with Gasteiger partial charge in [-0.25, -0.2) is 14.6 Å². The average molecular weight is 341 g/mol. The van der Waals surface area contributed by atoms with Crippen LogP contribution in [0, 0.1) is 0 Å². The Morgan fingerprint density at radius 3 is 2.38 bits per heavy atom. The third-order valence-corrected chi connectivity index (χ3v) is 2.70. The number of carbonyl (C=O) groups is 2. The summed E-state index contributed by atoms with van der Waals surface area (Å²) in [5.74, 6) is -1.28. The molecule has 1 aromatic heterocycles. The van der Waals surface area contributed by atoms with Gasteiger partial charge in [0.05, 0.1) is 5.56 Å². The van der Waals surface area contributed by atoms with E-state index in [1.54, 1.807) is 0 Å². The molecule has 4 N–H and O–H groups in total. The predicted molar refractivity (Wildman–Crippen MR) is 75.2 cm³/mol. The van der Waals surface area contributed by atoms with Gasteiger partial charge < -0.3 is 20.9 Å². The summed E-state index contributed by atoms with van der Waals surface area (Å²) in [6.45, 7) is 0. The van der Waals surface area contributed by atoms with Gasteiger partial charge in [-0.1, -0.05) is 0 Å². The Balaban J connectivity index is 2.26. The zero-order valence-corrected chi connectivity index (χ0v) is 11.8. The van der Waals surface area contributed by atoms with Crippen LogP contribution in [0.5, 0.6) is 11.5 Å². The van der Waals surface area contributed by atoms with Gasteiger partial charge >= 0.3 is 18.2 Å². The van der Waals surface area contributed by atoms with Gasteiger partial charge in [-0.3, -0.25) is 0 Å². The molecule has 7 nitrogen and oxygen atoms in total. The van der Waals surface area contributed by atoms with Gasteiger partial charge in [0.25, 0.3) is 0 Å². The molecule has 0 fully saturated rings. The number of hydrogen-bond acceptors (Lipinski definition) is 6. The van der Waals surface area contributed by atoms with Crippen LogP contribution in [0.4, 0.5) is 23.7 Å². The molecular weight excluding hydrogens is 331 g/mol. The van der Waals surface area contributed by atoms with Gasteiger partial charge in [0.15, 0.2) is 5.69 Å². The largest absolute Gasteiger partial charge is 0.457 e. The van der Waals surface area contributed by atoms with Crippen molar-refractivity contribution in [1.82, 2.24) is 4.98 Å². The number of amides is 1. The first-order chi connectivity index (χ1) is 11.2. The van der Waals surface area contributed by atoms with Gasteiger partial charge in [0.2, 0.25) is 0 Å². The van der Waals surface area contributed by atoms with Crippen molar-refractivity contribution in [3.05, 3.63) is 47.8 Å². The third-order valence-electron chi connectivity index (χ3n) is 2.70. The van der Waals surface area contributed by atoms with Crippen LogP contribution in [0.15, 0.2) is 36.5 Å². The summed E-state index contributed by atoms with van der Waals surface area (Å²) in [6.07, 6.45) is -4.81. The first-order valence-corrected chi connectivity index (χ1v) is 6.29. The van der Waals surface area contributed by atoms with Gasteiger partial charge in [-0.2, -0.15) is 13.2 Å². The number of rotatable bonds is 3. The summed E-state index contributed by atoms with van der Waals surface area (Å²) in [5.41, 5.74) is 8.18. The van der Waals surface area contributed by atoms with E-state index in [9.17, 15) is 22.8 Å². The summed E-state index contributed by atoms with van der Waals surface area (Å²) in [7, 11) is 0. The topological polar surface area (TPSA) is 118 Å². The maximum Gasteiger partial charge on any atom is 0.418 e. The maximum absolute atomic E-state index is 12.8. The predicted octanol–water partition coefficient (Wildman–Crippen LogP) is 2.71. The molecule has 0 spiro atoms. The second-order valence-corrected chi connectivity index (χ2v) is 4.43. The molecule has 2 aromatic rings. The number of pyridine rings is 1. The number of carbonyl (C=O) groups excluding carboxylic acids is 2. The number of nitrogens with zero attached hydrogens (tertiary/aromatic N) is 1. The number of nitrogen functional groups attached to an aromatic ring is 1. The smallest absolute Gasteiger partial charge is 0.418 e. The molecule has 0 atom stereocenters. The van der Waals surface area contributed by atoms with Crippen LogP contribution in [-0.4, -0.2) is 17.0 Å². The number of esters is 1. The molecule has 1 amide bonds. The summed E-state index contributed by atoms with van der Waals surface area (Å²) in [6, 6.07) is 5.37. The molecule has 0 saturated carbocycles. The van der Waals surface area contributed by atoms with Crippen molar-refractivity contribution in [2.45, 2.75) is 6.18 Å². The van der Waals surface area contributed by atoms with Crippen LogP contribution >= 0.6 is 0 Å². The molecular formula is C14H10F3N3O4. The van der Waals surface area contributed by atoms with Gasteiger partial charge in [-0.05, 0) is 24.3 Å². The van der Waals surface area contributed by atoms with Crippen molar-refractivity contribution in [3.8, 4) is 11.5 Å². The summed E-state index contributed by atoms with van der Waals surface area (Å²) < 4.78 is 47.8. The SMILES string of the molecule is NC(=O)OC(=O)c1cc(Oc2ccc(N)c(C(F)(F)F)c2)ccn1. The highest BCUT2D eigenvalue weighted by Crippen LogP contribution is 2.36. The molecule has 0 unspecified atom stereocenters. The van der Waals surface area contributed by atoms with Crippen molar-refractivity contribution in [2.75, 3.05) is 5.73 Å². The number of primary amides is 1. The van der Waals surface area contributed by atoms with Crippen LogP contribution in [-0.2, 0) is 10.9 Å². The standard InChI is InChI=1S/C14H10F3N3O4/c15-14(16,17)9-5-7(1-2-10(9)18)23-8-3-4-20-11(6-8)12(21)24-13(19)22/h1-6H,18H2,(H2,19,22). The van der Waals surface area contributed by atoms with E-state index in [0.717, 1.165) is 24.4 Å². The van der Waals surface area contributed by atoms with E-state index in [1.807, 2.05) is 0 Å². The van der Waals surface area contributed by atoms with Crippen molar-refractivity contribution >= 4 is 17.7 Å². The molecule has 2 rings (SSSR count). The molecule has 0 aliphatic heterocycles. The lowest BCUT2D eigenvalue weighted by molar-refractivity contribution is -0.137. The van der Waals surface area contributed by atoms with Crippen molar-refractivity contribution in [3.63, 3.8) is 0 Å². The summed E-state index contributed by atoms with van der Waals surface area (Å²) in [4.78, 5) is 25.7. The Kier molecular flexibility index (Phi) is 4.58. The number of nitrogens with two attached hydrogens (primary N) is 2. The Morgan fingerprint density at radius 2 is 1.75 bits per heavy atom. The normalized spacial score (nSPS) is 11.0. The number of benzene rings is 1. The van der Waals surface area contributed by atoms with Crippen LogP contribution in [0.3, 0.4) is 0 Å². The minimum absolute atomic E-state index is 0.000633. The van der Waals surface area contributed by atoms with Crippen LogP contribution < -0.4 is 16.2 Å². The molecule has 0 bridgehead atoms. The molecule has 0 aliphatic carbocycles. The van der Waals surface area contributed by atoms with Gasteiger partial charge in [0, 0.05) is 18.0 Å². The molecule has 1 heterocycles. The Labute approximate surface area is 133 Å². The molecule has 0 radical (unpaired) electrons. The van der Waals surface area contributed by atoms with Crippen molar-refractivity contribution in [2.24, 2.45) is 5.73 Å². The lowest BCUT2D eigenvalue weighted by Crippen LogP contribution is -2.19. The Morgan fingerprint density at radius 1 is 1.08 bits per heavy atom. The minimum atomic E-state index is -4.64. The zero-order chi connectivity index (χ0) is 17.9. The first-order valence-electron chi connectivity index (χ1n) is 6.29. The molecule has 0 aliphatic rings. The van der Waals surface area contributed by atoms with Gasteiger partial charge in [0.1, 0.15) is 11.5 Å². The Hall–Kier alpha value is -3.30. The number of halogens is 3. The lowest BCUT2D eigenvalue weighted by Gasteiger charge is -2.12. The number of ether oxygens (including phenoxy) is 2. The summed E-state index contributed by atoms with van der Waals surface area (Å²) >= 11 is 0. The number of hydrogen-bond donors (Lipinski definition) is 2. The third kappa shape index (κ3) is 4.12. The van der Waals surface area contributed by atoms with Crippen molar-refractivity contribution in [1.29, 1.82) is 0 Å². The van der Waals surface area contributed by atoms with Crippen molar-refractivity contribution < 1.29 is 32.2 Å². The highest BCUT2D eigenvalue weighted by atomic mass is 19.4. The highest BCUT2D eigenvalue weighted by Gasteiger charge is 2.33. The second-order valence-electron chi connectivity index (χ2n) is 4.43. The van der Waals surface area contributed by atoms with E-state index in [1.165, 1.54) is 12.1 Å². The van der Waals surface area contributed by atoms with Crippen LogP contribution in [0.25, 0.3) is 0 Å². The fraction of sp³-hybridized carbons (Fsp3) is 0.0714. The highest BCUT2D eigenvalue weighted by molar-refractivity contribution is 5.94. The number of alkyl halides is 3. The molecule has 24 heavy (non-hydrogen) atoms. The monoisotopic (exact) mass is 341 g/mol. The molecule has 126 valence electrons. The van der Waals surface area contributed by atoms with E-state index in [0.29, 0.717) is 0 Å². The maximum atomic E-state index is 12.8. The van der Waals surface area contributed by atoms with E-state index >= 15 is 0 Å². The first kappa shape index (κ1) is 17.1.